The summed E-state index contributed by atoms with van der Waals surface area (Å²) in [6.07, 6.45) is 7.25. The molecule has 2 N–H and O–H groups in total. The van der Waals surface area contributed by atoms with E-state index < -0.39 is 6.09 Å². The summed E-state index contributed by atoms with van der Waals surface area (Å²) in [5, 5.41) is 6.43. The van der Waals surface area contributed by atoms with E-state index in [-0.39, 0.29) is 17.7 Å². The van der Waals surface area contributed by atoms with Gasteiger partial charge in [0.25, 0.3) is 5.56 Å². The summed E-state index contributed by atoms with van der Waals surface area (Å²) >= 11 is 0. The van der Waals surface area contributed by atoms with Gasteiger partial charge in [0.2, 0.25) is 0 Å². The number of benzene rings is 1. The van der Waals surface area contributed by atoms with E-state index in [4.69, 9.17) is 15.6 Å². The number of fused-ring (bicyclic) bond motifs is 1. The molecule has 1 atom stereocenters. The number of amides is 1. The lowest BCUT2D eigenvalue weighted by Gasteiger charge is -2.29. The number of primary amides is 1. The molecule has 7 nitrogen and oxygen atoms in total. The molecule has 150 valence electrons. The number of anilines is 1. The molecule has 1 saturated carbocycles. The molecule has 1 aromatic carbocycles. The van der Waals surface area contributed by atoms with E-state index in [9.17, 15) is 9.59 Å². The van der Waals surface area contributed by atoms with Gasteiger partial charge in [0.05, 0.1) is 18.0 Å². The first kappa shape index (κ1) is 18.8. The quantitative estimate of drug-likeness (QED) is 0.876. The Labute approximate surface area is 164 Å². The Morgan fingerprint density at radius 1 is 1.04 bits per heavy atom. The largest absolute Gasteiger partial charge is 0.445 e. The standard InChI is InChI=1S/C21H28N4O3/c22-21(27)28-16-10-6-7-13-24(14-16)19-17-11-4-5-12-18(17)20(26)25(23-19)15-8-2-1-3-9-15/h4-5,11-12,15-16H,1-3,6-10,13-14H2,(H2,22,27). The molecule has 1 aliphatic carbocycles. The van der Waals surface area contributed by atoms with Crippen LogP contribution in [0.5, 0.6) is 0 Å². The minimum Gasteiger partial charge on any atom is -0.445 e. The Balaban J connectivity index is 1.77. The lowest BCUT2D eigenvalue weighted by molar-refractivity contribution is 0.106. The average molecular weight is 384 g/mol. The molecule has 0 bridgehead atoms. The molecule has 7 heteroatoms. The van der Waals surface area contributed by atoms with Crippen molar-refractivity contribution in [1.82, 2.24) is 9.78 Å². The first-order valence-electron chi connectivity index (χ1n) is 10.4. The number of aromatic nitrogens is 2. The molecule has 1 unspecified atom stereocenters. The lowest BCUT2D eigenvalue weighted by Crippen LogP contribution is -2.37. The highest BCUT2D eigenvalue weighted by molar-refractivity contribution is 5.91. The summed E-state index contributed by atoms with van der Waals surface area (Å²) in [6.45, 7) is 1.36. The van der Waals surface area contributed by atoms with Gasteiger partial charge < -0.3 is 15.4 Å². The van der Waals surface area contributed by atoms with E-state index in [1.807, 2.05) is 24.3 Å². The minimum absolute atomic E-state index is 0.00833. The first-order valence-corrected chi connectivity index (χ1v) is 10.4. The third-order valence-electron chi connectivity index (χ3n) is 5.94. The smallest absolute Gasteiger partial charge is 0.404 e. The van der Waals surface area contributed by atoms with E-state index >= 15 is 0 Å². The highest BCUT2D eigenvalue weighted by Gasteiger charge is 2.26. The fourth-order valence-electron chi connectivity index (χ4n) is 4.55. The second kappa shape index (κ2) is 8.20. The van der Waals surface area contributed by atoms with Crippen molar-refractivity contribution < 1.29 is 9.53 Å². The molecule has 0 radical (unpaired) electrons. The zero-order chi connectivity index (χ0) is 19.5. The molecule has 0 spiro atoms. The molecule has 1 aliphatic heterocycles. The second-order valence-electron chi connectivity index (χ2n) is 7.91. The predicted molar refractivity (Wildman–Crippen MR) is 109 cm³/mol. The number of nitrogens with zero attached hydrogens (tertiary/aromatic N) is 3. The van der Waals surface area contributed by atoms with Crippen molar-refractivity contribution in [1.29, 1.82) is 0 Å². The second-order valence-corrected chi connectivity index (χ2v) is 7.91. The maximum Gasteiger partial charge on any atom is 0.404 e. The van der Waals surface area contributed by atoms with Gasteiger partial charge in [0, 0.05) is 11.9 Å². The Kier molecular flexibility index (Phi) is 5.50. The molecular formula is C21H28N4O3. The Morgan fingerprint density at radius 3 is 2.50 bits per heavy atom. The third-order valence-corrected chi connectivity index (χ3v) is 5.94. The fourth-order valence-corrected chi connectivity index (χ4v) is 4.55. The van der Waals surface area contributed by atoms with Gasteiger partial charge in [0.1, 0.15) is 6.10 Å². The normalized spacial score (nSPS) is 21.4. The van der Waals surface area contributed by atoms with E-state index in [0.717, 1.165) is 62.7 Å². The van der Waals surface area contributed by atoms with E-state index in [0.29, 0.717) is 11.9 Å². The number of carbonyl (C=O) groups is 1. The number of hydrogen-bond donors (Lipinski definition) is 1. The van der Waals surface area contributed by atoms with Crippen LogP contribution in [0.25, 0.3) is 10.8 Å². The van der Waals surface area contributed by atoms with Crippen molar-refractivity contribution in [3.8, 4) is 0 Å². The van der Waals surface area contributed by atoms with Crippen LogP contribution in [-0.2, 0) is 4.74 Å². The predicted octanol–water partition coefficient (Wildman–Crippen LogP) is 3.36. The Morgan fingerprint density at radius 2 is 1.75 bits per heavy atom. The van der Waals surface area contributed by atoms with Crippen LogP contribution in [0.3, 0.4) is 0 Å². The highest BCUT2D eigenvalue weighted by atomic mass is 16.6. The number of nitrogens with two attached hydrogens (primary N) is 1. The minimum atomic E-state index is -0.739. The third kappa shape index (κ3) is 3.84. The van der Waals surface area contributed by atoms with Crippen LogP contribution in [0.15, 0.2) is 29.1 Å². The molecule has 1 amide bonds. The molecule has 2 heterocycles. The summed E-state index contributed by atoms with van der Waals surface area (Å²) in [5.74, 6) is 0.806. The van der Waals surface area contributed by atoms with Crippen molar-refractivity contribution in [2.45, 2.75) is 63.5 Å². The number of carbonyl (C=O) groups excluding carboxylic acids is 1. The van der Waals surface area contributed by atoms with Gasteiger partial charge in [0.15, 0.2) is 5.82 Å². The van der Waals surface area contributed by atoms with Crippen molar-refractivity contribution >= 4 is 22.7 Å². The van der Waals surface area contributed by atoms with Gasteiger partial charge in [-0.1, -0.05) is 37.5 Å². The van der Waals surface area contributed by atoms with E-state index in [2.05, 4.69) is 4.90 Å². The fraction of sp³-hybridized carbons (Fsp3) is 0.571. The topological polar surface area (TPSA) is 90.5 Å². The van der Waals surface area contributed by atoms with Gasteiger partial charge >= 0.3 is 6.09 Å². The monoisotopic (exact) mass is 384 g/mol. The molecule has 2 aromatic rings. The van der Waals surface area contributed by atoms with E-state index in [1.54, 1.807) is 4.68 Å². The van der Waals surface area contributed by atoms with Gasteiger partial charge in [-0.25, -0.2) is 9.48 Å². The number of rotatable bonds is 3. The van der Waals surface area contributed by atoms with Crippen LogP contribution in [0.1, 0.15) is 57.4 Å². The summed E-state index contributed by atoms with van der Waals surface area (Å²) in [7, 11) is 0. The van der Waals surface area contributed by atoms with Crippen LogP contribution < -0.4 is 16.2 Å². The summed E-state index contributed by atoms with van der Waals surface area (Å²) in [4.78, 5) is 26.6. The van der Waals surface area contributed by atoms with Gasteiger partial charge in [-0.05, 0) is 38.2 Å². The molecular weight excluding hydrogens is 356 g/mol. The van der Waals surface area contributed by atoms with Crippen LogP contribution in [0, 0.1) is 0 Å². The average Bonchev–Trinajstić information content (AvgIpc) is 2.94. The van der Waals surface area contributed by atoms with Crippen molar-refractivity contribution in [2.24, 2.45) is 5.73 Å². The maximum atomic E-state index is 13.1. The van der Waals surface area contributed by atoms with Crippen LogP contribution in [-0.4, -0.2) is 35.1 Å². The number of hydrogen-bond acceptors (Lipinski definition) is 5. The highest BCUT2D eigenvalue weighted by Crippen LogP contribution is 2.30. The number of ether oxygens (including phenoxy) is 1. The molecule has 2 aliphatic rings. The maximum absolute atomic E-state index is 13.1. The Bertz CT molecular complexity index is 904. The van der Waals surface area contributed by atoms with Crippen molar-refractivity contribution in [2.75, 3.05) is 18.0 Å². The lowest BCUT2D eigenvalue weighted by atomic mass is 9.95. The SMILES string of the molecule is NC(=O)OC1CCCCN(c2nn(C3CCCCC3)c(=O)c3ccccc23)C1. The summed E-state index contributed by atoms with van der Waals surface area (Å²) in [6, 6.07) is 7.85. The van der Waals surface area contributed by atoms with Gasteiger partial charge in [-0.3, -0.25) is 4.79 Å². The zero-order valence-corrected chi connectivity index (χ0v) is 16.2. The summed E-state index contributed by atoms with van der Waals surface area (Å²) in [5.41, 5.74) is 5.24. The Hall–Kier alpha value is -2.57. The molecule has 4 rings (SSSR count). The summed E-state index contributed by atoms with van der Waals surface area (Å²) < 4.78 is 7.02. The first-order chi connectivity index (χ1) is 13.6. The van der Waals surface area contributed by atoms with Gasteiger partial charge in [-0.15, -0.1) is 0 Å². The molecule has 1 aromatic heterocycles. The van der Waals surface area contributed by atoms with Gasteiger partial charge in [-0.2, -0.15) is 5.10 Å². The molecule has 1 saturated heterocycles. The van der Waals surface area contributed by atoms with Crippen molar-refractivity contribution in [3.63, 3.8) is 0 Å². The van der Waals surface area contributed by atoms with Crippen molar-refractivity contribution in [3.05, 3.63) is 34.6 Å². The molecule has 28 heavy (non-hydrogen) atoms. The van der Waals surface area contributed by atoms with E-state index in [1.165, 1.54) is 6.42 Å². The van der Waals surface area contributed by atoms with Crippen LogP contribution in [0.2, 0.25) is 0 Å². The zero-order valence-electron chi connectivity index (χ0n) is 16.2. The van der Waals surface area contributed by atoms with Crippen LogP contribution >= 0.6 is 0 Å². The molecule has 2 fully saturated rings. The van der Waals surface area contributed by atoms with Crippen LogP contribution in [0.4, 0.5) is 10.6 Å².